The Labute approximate surface area is 78.9 Å². The van der Waals surface area contributed by atoms with Crippen LogP contribution in [-0.4, -0.2) is 0 Å². The highest BCUT2D eigenvalue weighted by atomic mass is 35.5. The van der Waals surface area contributed by atoms with Crippen molar-refractivity contribution in [3.05, 3.63) is 41.5 Å². The van der Waals surface area contributed by atoms with Crippen LogP contribution in [0, 0.1) is 0 Å². The molecule has 1 rings (SSSR count). The summed E-state index contributed by atoms with van der Waals surface area (Å²) in [5.41, 5.74) is 3.69. The van der Waals surface area contributed by atoms with Gasteiger partial charge >= 0.3 is 0 Å². The van der Waals surface area contributed by atoms with Gasteiger partial charge in [0, 0.05) is 5.88 Å². The molecular formula is C11H13Cl. The average molecular weight is 181 g/mol. The van der Waals surface area contributed by atoms with E-state index in [4.69, 9.17) is 11.6 Å². The molecule has 1 aromatic carbocycles. The summed E-state index contributed by atoms with van der Waals surface area (Å²) < 4.78 is 0. The fourth-order valence-electron chi connectivity index (χ4n) is 1.24. The van der Waals surface area contributed by atoms with Crippen molar-refractivity contribution in [2.24, 2.45) is 0 Å². The molecule has 0 bridgehead atoms. The largest absolute Gasteiger partial charge is 0.122 e. The lowest BCUT2D eigenvalue weighted by molar-refractivity contribution is 1.10. The fraction of sp³-hybridized carbons (Fsp3) is 0.273. The number of hydrogen-bond donors (Lipinski definition) is 0. The average Bonchev–Trinajstić information content (AvgIpc) is 2.16. The number of rotatable bonds is 3. The molecule has 0 amide bonds. The van der Waals surface area contributed by atoms with Gasteiger partial charge in [0.05, 0.1) is 0 Å². The molecule has 0 radical (unpaired) electrons. The van der Waals surface area contributed by atoms with E-state index in [2.05, 4.69) is 31.7 Å². The molecule has 0 heterocycles. The van der Waals surface area contributed by atoms with Gasteiger partial charge in [0.2, 0.25) is 0 Å². The third-order valence-corrected chi connectivity index (χ3v) is 2.28. The van der Waals surface area contributed by atoms with E-state index in [0.29, 0.717) is 5.88 Å². The van der Waals surface area contributed by atoms with Crippen LogP contribution in [0.15, 0.2) is 24.8 Å². The fourth-order valence-corrected chi connectivity index (χ4v) is 1.49. The molecule has 12 heavy (non-hydrogen) atoms. The number of hydrogen-bond acceptors (Lipinski definition) is 0. The van der Waals surface area contributed by atoms with Crippen molar-refractivity contribution >= 4 is 17.7 Å². The van der Waals surface area contributed by atoms with Gasteiger partial charge in [-0.15, -0.1) is 11.6 Å². The Kier molecular flexibility index (Phi) is 3.36. The Morgan fingerprint density at radius 2 is 2.17 bits per heavy atom. The molecule has 0 aliphatic carbocycles. The van der Waals surface area contributed by atoms with Crippen molar-refractivity contribution in [2.75, 3.05) is 0 Å². The van der Waals surface area contributed by atoms with Gasteiger partial charge in [-0.2, -0.15) is 0 Å². The molecule has 0 atom stereocenters. The molecule has 0 aromatic heterocycles. The molecular weight excluding hydrogens is 168 g/mol. The number of halogens is 1. The normalized spacial score (nSPS) is 9.83. The summed E-state index contributed by atoms with van der Waals surface area (Å²) in [5, 5.41) is 0. The number of aryl methyl sites for hydroxylation is 1. The zero-order chi connectivity index (χ0) is 8.97. The Balaban J connectivity index is 3.10. The lowest BCUT2D eigenvalue weighted by Gasteiger charge is -2.05. The van der Waals surface area contributed by atoms with Crippen LogP contribution in [0.3, 0.4) is 0 Å². The second-order valence-corrected chi connectivity index (χ2v) is 2.99. The van der Waals surface area contributed by atoms with Gasteiger partial charge in [0.25, 0.3) is 0 Å². The molecule has 1 aromatic rings. The van der Waals surface area contributed by atoms with Crippen LogP contribution in [0.2, 0.25) is 0 Å². The SMILES string of the molecule is C=Cc1ccc(CC)c(CCl)c1. The summed E-state index contributed by atoms with van der Waals surface area (Å²) >= 11 is 5.81. The summed E-state index contributed by atoms with van der Waals surface area (Å²) in [4.78, 5) is 0. The Morgan fingerprint density at radius 1 is 1.42 bits per heavy atom. The van der Waals surface area contributed by atoms with Gasteiger partial charge < -0.3 is 0 Å². The van der Waals surface area contributed by atoms with E-state index in [9.17, 15) is 0 Å². The highest BCUT2D eigenvalue weighted by molar-refractivity contribution is 6.17. The zero-order valence-electron chi connectivity index (χ0n) is 7.31. The quantitative estimate of drug-likeness (QED) is 0.624. The van der Waals surface area contributed by atoms with E-state index in [1.165, 1.54) is 11.1 Å². The Hall–Kier alpha value is -0.750. The maximum absolute atomic E-state index is 5.81. The summed E-state index contributed by atoms with van der Waals surface area (Å²) in [6.45, 7) is 5.86. The van der Waals surface area contributed by atoms with Gasteiger partial charge in [-0.3, -0.25) is 0 Å². The van der Waals surface area contributed by atoms with E-state index in [-0.39, 0.29) is 0 Å². The monoisotopic (exact) mass is 180 g/mol. The van der Waals surface area contributed by atoms with Crippen molar-refractivity contribution in [1.29, 1.82) is 0 Å². The molecule has 64 valence electrons. The first kappa shape index (κ1) is 9.34. The first-order valence-corrected chi connectivity index (χ1v) is 4.65. The van der Waals surface area contributed by atoms with Crippen LogP contribution in [0.4, 0.5) is 0 Å². The Morgan fingerprint density at radius 3 is 2.67 bits per heavy atom. The van der Waals surface area contributed by atoms with Gasteiger partial charge in [-0.1, -0.05) is 37.8 Å². The number of benzene rings is 1. The predicted molar refractivity (Wildman–Crippen MR) is 55.5 cm³/mol. The second-order valence-electron chi connectivity index (χ2n) is 2.72. The Bertz CT molecular complexity index is 276. The molecule has 0 saturated carbocycles. The summed E-state index contributed by atoms with van der Waals surface area (Å²) in [5.74, 6) is 0.588. The predicted octanol–water partition coefficient (Wildman–Crippen LogP) is 3.63. The summed E-state index contributed by atoms with van der Waals surface area (Å²) in [6, 6.07) is 6.29. The van der Waals surface area contributed by atoms with Gasteiger partial charge in [-0.25, -0.2) is 0 Å². The van der Waals surface area contributed by atoms with Crippen LogP contribution < -0.4 is 0 Å². The van der Waals surface area contributed by atoms with Crippen molar-refractivity contribution in [2.45, 2.75) is 19.2 Å². The second kappa shape index (κ2) is 4.32. The highest BCUT2D eigenvalue weighted by Gasteiger charge is 1.98. The smallest absolute Gasteiger partial charge is 0.0477 e. The molecule has 1 heteroatoms. The van der Waals surface area contributed by atoms with E-state index in [1.807, 2.05) is 6.08 Å². The standard InChI is InChI=1S/C11H13Cl/c1-3-9-5-6-10(4-2)11(7-9)8-12/h3,5-7H,1,4,8H2,2H3. The van der Waals surface area contributed by atoms with Gasteiger partial charge in [0.1, 0.15) is 0 Å². The maximum atomic E-state index is 5.81. The van der Waals surface area contributed by atoms with E-state index in [1.54, 1.807) is 0 Å². The highest BCUT2D eigenvalue weighted by Crippen LogP contribution is 2.15. The lowest BCUT2D eigenvalue weighted by Crippen LogP contribution is -1.89. The molecule has 0 fully saturated rings. The minimum absolute atomic E-state index is 0.588. The zero-order valence-corrected chi connectivity index (χ0v) is 8.06. The summed E-state index contributed by atoms with van der Waals surface area (Å²) in [7, 11) is 0. The van der Waals surface area contributed by atoms with E-state index >= 15 is 0 Å². The van der Waals surface area contributed by atoms with Gasteiger partial charge in [0.15, 0.2) is 0 Å². The minimum Gasteiger partial charge on any atom is -0.122 e. The number of alkyl halides is 1. The molecule has 0 nitrogen and oxygen atoms in total. The van der Waals surface area contributed by atoms with Crippen molar-refractivity contribution in [3.63, 3.8) is 0 Å². The van der Waals surface area contributed by atoms with Crippen molar-refractivity contribution in [3.8, 4) is 0 Å². The van der Waals surface area contributed by atoms with Crippen molar-refractivity contribution in [1.82, 2.24) is 0 Å². The van der Waals surface area contributed by atoms with Gasteiger partial charge in [-0.05, 0) is 23.1 Å². The van der Waals surface area contributed by atoms with Crippen molar-refractivity contribution < 1.29 is 0 Å². The van der Waals surface area contributed by atoms with Crippen LogP contribution in [0.5, 0.6) is 0 Å². The summed E-state index contributed by atoms with van der Waals surface area (Å²) in [6.07, 6.45) is 2.88. The maximum Gasteiger partial charge on any atom is 0.0477 e. The van der Waals surface area contributed by atoms with Crippen LogP contribution in [0.25, 0.3) is 6.08 Å². The molecule has 0 N–H and O–H groups in total. The van der Waals surface area contributed by atoms with E-state index < -0.39 is 0 Å². The van der Waals surface area contributed by atoms with E-state index in [0.717, 1.165) is 12.0 Å². The molecule has 0 aliphatic heterocycles. The lowest BCUT2D eigenvalue weighted by atomic mass is 10.0. The third-order valence-electron chi connectivity index (χ3n) is 1.99. The topological polar surface area (TPSA) is 0 Å². The van der Waals surface area contributed by atoms with Crippen LogP contribution in [-0.2, 0) is 12.3 Å². The molecule has 0 aliphatic rings. The van der Waals surface area contributed by atoms with Crippen LogP contribution >= 0.6 is 11.6 Å². The minimum atomic E-state index is 0.588. The molecule has 0 unspecified atom stereocenters. The first-order valence-electron chi connectivity index (χ1n) is 4.12. The molecule has 0 saturated heterocycles. The van der Waals surface area contributed by atoms with Crippen LogP contribution in [0.1, 0.15) is 23.6 Å². The molecule has 0 spiro atoms. The third kappa shape index (κ3) is 1.89. The first-order chi connectivity index (χ1) is 5.81.